The van der Waals surface area contributed by atoms with Crippen LogP contribution in [0.3, 0.4) is 0 Å². The maximum Gasteiger partial charge on any atom is 0.325 e. The van der Waals surface area contributed by atoms with Crippen LogP contribution in [0.4, 0.5) is 5.69 Å². The van der Waals surface area contributed by atoms with Crippen LogP contribution in [0.2, 0.25) is 0 Å². The lowest BCUT2D eigenvalue weighted by atomic mass is 9.77. The molecule has 10 nitrogen and oxygen atoms in total. The van der Waals surface area contributed by atoms with E-state index in [2.05, 4.69) is 5.32 Å². The number of imide groups is 1. The highest BCUT2D eigenvalue weighted by Gasteiger charge is 2.69. The number of aryl methyl sites for hydroxylation is 2. The lowest BCUT2D eigenvalue weighted by Gasteiger charge is -2.31. The van der Waals surface area contributed by atoms with Gasteiger partial charge in [-0.3, -0.25) is 24.5 Å². The van der Waals surface area contributed by atoms with Gasteiger partial charge in [0.2, 0.25) is 11.8 Å². The number of carboxylic acid groups (broad SMARTS) is 2. The number of benzene rings is 2. The van der Waals surface area contributed by atoms with Crippen molar-refractivity contribution in [2.75, 3.05) is 19.1 Å². The summed E-state index contributed by atoms with van der Waals surface area (Å²) in [6.45, 7) is 5.57. The maximum atomic E-state index is 14.2. The van der Waals surface area contributed by atoms with Gasteiger partial charge in [-0.25, -0.2) is 4.90 Å². The Hall–Kier alpha value is -3.92. The first kappa shape index (κ1) is 27.1. The van der Waals surface area contributed by atoms with Gasteiger partial charge in [0, 0.05) is 17.2 Å². The third-order valence-electron chi connectivity index (χ3n) is 7.80. The molecule has 0 radical (unpaired) electrons. The highest BCUT2D eigenvalue weighted by molar-refractivity contribution is 6.25. The highest BCUT2D eigenvalue weighted by Crippen LogP contribution is 2.53. The Balaban J connectivity index is 1.98. The van der Waals surface area contributed by atoms with E-state index in [9.17, 15) is 29.4 Å². The number of aliphatic carboxylic acids is 2. The highest BCUT2D eigenvalue weighted by atomic mass is 16.5. The molecule has 4 atom stereocenters. The lowest BCUT2D eigenvalue weighted by molar-refractivity contribution is -0.154. The van der Waals surface area contributed by atoms with Crippen molar-refractivity contribution in [1.29, 1.82) is 0 Å². The van der Waals surface area contributed by atoms with Gasteiger partial charge in [-0.2, -0.15) is 0 Å². The van der Waals surface area contributed by atoms with E-state index in [-0.39, 0.29) is 0 Å². The van der Waals surface area contributed by atoms with Crippen LogP contribution in [-0.2, 0) is 32.0 Å². The van der Waals surface area contributed by atoms with Crippen molar-refractivity contribution in [3.8, 4) is 11.5 Å². The Morgan fingerprint density at radius 2 is 1.63 bits per heavy atom. The fraction of sp³-hybridized carbons (Fsp3) is 0.429. The first-order valence-electron chi connectivity index (χ1n) is 12.5. The van der Waals surface area contributed by atoms with Gasteiger partial charge >= 0.3 is 11.9 Å². The number of hydrogen-bond acceptors (Lipinski definition) is 7. The van der Waals surface area contributed by atoms with Crippen molar-refractivity contribution < 1.29 is 38.9 Å². The molecule has 0 saturated carbocycles. The second kappa shape index (κ2) is 10.1. The van der Waals surface area contributed by atoms with Crippen molar-refractivity contribution in [1.82, 2.24) is 5.32 Å². The van der Waals surface area contributed by atoms with Gasteiger partial charge in [-0.05, 0) is 37.0 Å². The molecule has 2 aromatic rings. The smallest absolute Gasteiger partial charge is 0.325 e. The largest absolute Gasteiger partial charge is 0.496 e. The second-order valence-electron chi connectivity index (χ2n) is 9.63. The number of nitrogens with one attached hydrogen (secondary N) is 1. The van der Waals surface area contributed by atoms with E-state index in [0.29, 0.717) is 41.2 Å². The third kappa shape index (κ3) is 3.91. The van der Waals surface area contributed by atoms with Crippen molar-refractivity contribution >= 4 is 29.4 Å². The molecule has 10 heteroatoms. The fourth-order valence-electron chi connectivity index (χ4n) is 6.10. The van der Waals surface area contributed by atoms with E-state index >= 15 is 0 Å². The Morgan fingerprint density at radius 1 is 1.00 bits per heavy atom. The molecule has 4 unspecified atom stereocenters. The normalized spacial score (nSPS) is 24.4. The Kier molecular flexibility index (Phi) is 7.20. The number of hydrogen-bond donors (Lipinski definition) is 3. The van der Waals surface area contributed by atoms with Crippen LogP contribution in [0, 0.1) is 18.8 Å². The molecule has 2 aromatic carbocycles. The van der Waals surface area contributed by atoms with Gasteiger partial charge in [-0.15, -0.1) is 0 Å². The predicted octanol–water partition coefficient (Wildman–Crippen LogP) is 2.89. The zero-order chi connectivity index (χ0) is 27.9. The predicted molar refractivity (Wildman–Crippen MR) is 137 cm³/mol. The fourth-order valence-corrected chi connectivity index (χ4v) is 6.10. The lowest BCUT2D eigenvalue weighted by Crippen LogP contribution is -2.57. The minimum atomic E-state index is -2.21. The zero-order valence-corrected chi connectivity index (χ0v) is 22.0. The zero-order valence-electron chi connectivity index (χ0n) is 22.0. The summed E-state index contributed by atoms with van der Waals surface area (Å²) in [5.41, 5.74) is 0.842. The molecule has 2 saturated heterocycles. The number of rotatable bonds is 9. The number of para-hydroxylation sites is 1. The molecule has 0 aromatic heterocycles. The van der Waals surface area contributed by atoms with Crippen molar-refractivity contribution in [2.45, 2.75) is 51.6 Å². The minimum Gasteiger partial charge on any atom is -0.496 e. The molecule has 0 spiro atoms. The van der Waals surface area contributed by atoms with Crippen LogP contribution in [0.25, 0.3) is 0 Å². The van der Waals surface area contributed by atoms with Crippen molar-refractivity contribution in [3.05, 3.63) is 52.6 Å². The van der Waals surface area contributed by atoms with E-state index < -0.39 is 53.6 Å². The van der Waals surface area contributed by atoms with Crippen molar-refractivity contribution in [3.63, 3.8) is 0 Å². The van der Waals surface area contributed by atoms with E-state index in [0.717, 1.165) is 16.0 Å². The van der Waals surface area contributed by atoms with Crippen molar-refractivity contribution in [2.24, 2.45) is 11.8 Å². The molecule has 2 aliphatic rings. The number of nitrogens with zero attached hydrogens (tertiary/aromatic N) is 1. The summed E-state index contributed by atoms with van der Waals surface area (Å²) in [4.78, 5) is 54.1. The van der Waals surface area contributed by atoms with Gasteiger partial charge in [0.05, 0.1) is 38.2 Å². The summed E-state index contributed by atoms with van der Waals surface area (Å²) in [5.74, 6) is -5.95. The van der Waals surface area contributed by atoms with Crippen LogP contribution < -0.4 is 19.7 Å². The molecule has 0 bridgehead atoms. The summed E-state index contributed by atoms with van der Waals surface area (Å²) in [5, 5.41) is 23.0. The number of carboxylic acids is 2. The molecular weight excluding hydrogens is 492 g/mol. The van der Waals surface area contributed by atoms with Crippen LogP contribution >= 0.6 is 0 Å². The first-order valence-corrected chi connectivity index (χ1v) is 12.5. The second-order valence-corrected chi connectivity index (χ2v) is 9.63. The van der Waals surface area contributed by atoms with E-state index in [1.165, 1.54) is 14.2 Å². The Labute approximate surface area is 220 Å². The summed E-state index contributed by atoms with van der Waals surface area (Å²) < 4.78 is 11.0. The molecule has 2 aliphatic heterocycles. The Morgan fingerprint density at radius 3 is 2.13 bits per heavy atom. The monoisotopic (exact) mass is 524 g/mol. The minimum absolute atomic E-state index is 0.360. The number of carbonyl (C=O) groups is 4. The molecule has 3 N–H and O–H groups in total. The molecule has 0 aliphatic carbocycles. The van der Waals surface area contributed by atoms with E-state index in [1.54, 1.807) is 19.1 Å². The van der Waals surface area contributed by atoms with Gasteiger partial charge < -0.3 is 19.7 Å². The Bertz CT molecular complexity index is 1300. The van der Waals surface area contributed by atoms with Gasteiger partial charge in [0.15, 0.2) is 0 Å². The topological polar surface area (TPSA) is 142 Å². The number of methoxy groups -OCH3 is 2. The number of fused-ring (bicyclic) bond motifs is 1. The molecule has 2 heterocycles. The van der Waals surface area contributed by atoms with Crippen LogP contribution in [0.5, 0.6) is 11.5 Å². The number of amides is 2. The quantitative estimate of drug-likeness (QED) is 0.422. The average molecular weight is 525 g/mol. The maximum absolute atomic E-state index is 14.2. The molecule has 38 heavy (non-hydrogen) atoms. The van der Waals surface area contributed by atoms with Gasteiger partial charge in [-0.1, -0.05) is 38.1 Å². The third-order valence-corrected chi connectivity index (χ3v) is 7.80. The molecular formula is C28H32N2O8. The average Bonchev–Trinajstić information content (AvgIpc) is 3.36. The van der Waals surface area contributed by atoms with Crippen LogP contribution in [-0.4, -0.2) is 53.7 Å². The number of carbonyl (C=O) groups excluding carboxylic acids is 2. The summed E-state index contributed by atoms with van der Waals surface area (Å²) in [6, 6.07) is 7.83. The van der Waals surface area contributed by atoms with E-state index in [1.807, 2.05) is 32.0 Å². The summed E-state index contributed by atoms with van der Waals surface area (Å²) in [6.07, 6.45) is 0.199. The van der Waals surface area contributed by atoms with Gasteiger partial charge in [0.25, 0.3) is 0 Å². The van der Waals surface area contributed by atoms with Crippen LogP contribution in [0.1, 0.15) is 48.6 Å². The number of ether oxygens (including phenoxy) is 2. The van der Waals surface area contributed by atoms with Gasteiger partial charge in [0.1, 0.15) is 17.0 Å². The summed E-state index contributed by atoms with van der Waals surface area (Å²) in [7, 11) is 2.94. The molecule has 202 valence electrons. The summed E-state index contributed by atoms with van der Waals surface area (Å²) >= 11 is 0. The first-order chi connectivity index (χ1) is 18.1. The molecule has 2 amide bonds. The standard InChI is InChI=1S/C28H32N2O8/c1-6-15-9-8-10-16(7-2)23(15)30-25(33)20-21(26(30)34)28(27(35)36,13-19(31)32)29-22(20)17-11-12-18(37-4)14(3)24(17)38-5/h8-12,20-22,29H,6-7,13H2,1-5H3,(H,31,32)(H,35,36). The number of anilines is 1. The SMILES string of the molecule is CCc1cccc(CC)c1N1C(=O)C2C(c3ccc(OC)c(C)c3OC)NC(CC(=O)O)(C(=O)O)C2C1=O. The van der Waals surface area contributed by atoms with Crippen LogP contribution in [0.15, 0.2) is 30.3 Å². The van der Waals surface area contributed by atoms with E-state index in [4.69, 9.17) is 9.47 Å². The molecule has 2 fully saturated rings. The molecule has 4 rings (SSSR count).